The molecule has 0 unspecified atom stereocenters. The molecular formula is C21H34N4O6S2. The van der Waals surface area contributed by atoms with Crippen LogP contribution in [0.2, 0.25) is 0 Å². The highest BCUT2D eigenvalue weighted by Crippen LogP contribution is 2.45. The van der Waals surface area contributed by atoms with Gasteiger partial charge in [0.2, 0.25) is 10.0 Å². The van der Waals surface area contributed by atoms with Gasteiger partial charge in [0.1, 0.15) is 0 Å². The quantitative estimate of drug-likeness (QED) is 0.368. The van der Waals surface area contributed by atoms with E-state index in [2.05, 4.69) is 9.62 Å². The van der Waals surface area contributed by atoms with Crippen molar-refractivity contribution in [3.8, 4) is 11.5 Å². The maximum Gasteiger partial charge on any atom is 0.278 e. The van der Waals surface area contributed by atoms with Crippen molar-refractivity contribution in [2.75, 3.05) is 46.0 Å². The summed E-state index contributed by atoms with van der Waals surface area (Å²) in [6.45, 7) is 2.20. The first kappa shape index (κ1) is 24.7. The third-order valence-corrected chi connectivity index (χ3v) is 10.7. The van der Waals surface area contributed by atoms with Crippen LogP contribution in [0.4, 0.5) is 0 Å². The van der Waals surface area contributed by atoms with Gasteiger partial charge in [-0.2, -0.15) is 17.0 Å². The van der Waals surface area contributed by atoms with Gasteiger partial charge in [-0.3, -0.25) is 4.90 Å². The summed E-state index contributed by atoms with van der Waals surface area (Å²) in [6.07, 6.45) is 3.44. The van der Waals surface area contributed by atoms with Crippen LogP contribution in [0.3, 0.4) is 0 Å². The van der Waals surface area contributed by atoms with E-state index < -0.39 is 20.2 Å². The van der Waals surface area contributed by atoms with E-state index in [4.69, 9.17) is 0 Å². The van der Waals surface area contributed by atoms with Gasteiger partial charge < -0.3 is 10.2 Å². The number of rotatable bonds is 7. The van der Waals surface area contributed by atoms with Crippen LogP contribution in [-0.4, -0.2) is 92.6 Å². The summed E-state index contributed by atoms with van der Waals surface area (Å²) in [6, 6.07) is 3.13. The highest BCUT2D eigenvalue weighted by molar-refractivity contribution is 7.89. The lowest BCUT2D eigenvalue weighted by molar-refractivity contribution is 0.0218. The SMILES string of the molecule is CN(C)S(=O)(=O)NCCCS(=O)(=O)N1CCC[C@@H]2CN3CCc4cc(O)c(O)cc4[C@@H]3C[C@@H]21. The molecule has 4 rings (SSSR count). The summed E-state index contributed by atoms with van der Waals surface area (Å²) in [5, 5.41) is 20.0. The third-order valence-electron chi connectivity index (χ3n) is 7.21. The van der Waals surface area contributed by atoms with Gasteiger partial charge in [-0.05, 0) is 61.3 Å². The second-order valence-electron chi connectivity index (χ2n) is 9.47. The van der Waals surface area contributed by atoms with Crippen LogP contribution in [0.5, 0.6) is 11.5 Å². The van der Waals surface area contributed by atoms with E-state index in [1.807, 2.05) is 0 Å². The summed E-state index contributed by atoms with van der Waals surface area (Å²) in [5.74, 6) is -0.121. The summed E-state index contributed by atoms with van der Waals surface area (Å²) in [5.41, 5.74) is 1.97. The fraction of sp³-hybridized carbons (Fsp3) is 0.714. The largest absolute Gasteiger partial charge is 0.504 e. The summed E-state index contributed by atoms with van der Waals surface area (Å²) in [7, 11) is -4.28. The molecule has 12 heteroatoms. The van der Waals surface area contributed by atoms with Gasteiger partial charge in [-0.1, -0.05) is 0 Å². The number of phenolic OH excluding ortho intramolecular Hbond substituents is 2. The molecule has 1 aromatic rings. The second-order valence-corrected chi connectivity index (χ2v) is 13.5. The number of sulfonamides is 1. The summed E-state index contributed by atoms with van der Waals surface area (Å²) < 4.78 is 55.3. The fourth-order valence-corrected chi connectivity index (χ4v) is 7.96. The van der Waals surface area contributed by atoms with Gasteiger partial charge in [-0.25, -0.2) is 13.1 Å². The number of aromatic hydroxyl groups is 2. The summed E-state index contributed by atoms with van der Waals surface area (Å²) >= 11 is 0. The minimum atomic E-state index is -3.58. The Balaban J connectivity index is 1.48. The zero-order chi connectivity index (χ0) is 24.0. The molecule has 0 aromatic heterocycles. The van der Waals surface area contributed by atoms with Gasteiger partial charge in [-0.15, -0.1) is 0 Å². The zero-order valence-corrected chi connectivity index (χ0v) is 20.8. The molecule has 0 amide bonds. The molecule has 33 heavy (non-hydrogen) atoms. The van der Waals surface area contributed by atoms with Crippen molar-refractivity contribution in [3.63, 3.8) is 0 Å². The maximum absolute atomic E-state index is 13.3. The lowest BCUT2D eigenvalue weighted by Crippen LogP contribution is -2.57. The van der Waals surface area contributed by atoms with Gasteiger partial charge in [0.05, 0.1) is 5.75 Å². The lowest BCUT2D eigenvalue weighted by Gasteiger charge is -2.51. The molecule has 2 fully saturated rings. The van der Waals surface area contributed by atoms with Crippen LogP contribution in [0.25, 0.3) is 0 Å². The minimum Gasteiger partial charge on any atom is -0.504 e. The molecule has 3 atom stereocenters. The van der Waals surface area contributed by atoms with E-state index in [1.54, 1.807) is 16.4 Å². The van der Waals surface area contributed by atoms with Crippen LogP contribution in [0, 0.1) is 5.92 Å². The Hall–Kier alpha value is -1.44. The van der Waals surface area contributed by atoms with Gasteiger partial charge in [0, 0.05) is 52.4 Å². The van der Waals surface area contributed by atoms with Crippen molar-refractivity contribution in [1.82, 2.24) is 18.2 Å². The molecule has 1 aromatic carbocycles. The smallest absolute Gasteiger partial charge is 0.278 e. The molecule has 0 bridgehead atoms. The van der Waals surface area contributed by atoms with Crippen molar-refractivity contribution in [2.45, 2.75) is 44.2 Å². The number of hydrogen-bond acceptors (Lipinski definition) is 7. The third kappa shape index (κ3) is 5.01. The first-order chi connectivity index (χ1) is 15.5. The normalized spacial score (nSPS) is 26.6. The van der Waals surface area contributed by atoms with Crippen molar-refractivity contribution in [3.05, 3.63) is 23.3 Å². The molecule has 3 aliphatic heterocycles. The van der Waals surface area contributed by atoms with Crippen LogP contribution < -0.4 is 4.72 Å². The molecule has 0 aliphatic carbocycles. The van der Waals surface area contributed by atoms with Crippen LogP contribution in [0.1, 0.15) is 42.9 Å². The van der Waals surface area contributed by atoms with Crippen molar-refractivity contribution >= 4 is 20.2 Å². The molecule has 0 radical (unpaired) electrons. The summed E-state index contributed by atoms with van der Waals surface area (Å²) in [4.78, 5) is 2.38. The number of piperidine rings is 2. The molecule has 186 valence electrons. The number of nitrogens with one attached hydrogen (secondary N) is 1. The standard InChI is InChI=1S/C21H34N4O6S2/c1-23(2)33(30,31)22-7-4-10-32(28,29)25-8-3-5-16-14-24-9-6-15-11-20(26)21(27)12-17(15)19(24)13-18(16)25/h11-12,16,18-19,22,26-27H,3-10,13-14H2,1-2H3/t16-,18+,19+/m1/s1. The van der Waals surface area contributed by atoms with Crippen molar-refractivity contribution in [2.24, 2.45) is 5.92 Å². The van der Waals surface area contributed by atoms with Crippen molar-refractivity contribution < 1.29 is 27.0 Å². The number of benzene rings is 1. The first-order valence-electron chi connectivity index (χ1n) is 11.4. The predicted octanol–water partition coefficient (Wildman–Crippen LogP) is 0.597. The van der Waals surface area contributed by atoms with Crippen LogP contribution >= 0.6 is 0 Å². The Bertz CT molecular complexity index is 1090. The van der Waals surface area contributed by atoms with Crippen LogP contribution in [0.15, 0.2) is 12.1 Å². The number of phenols is 2. The Labute approximate surface area is 196 Å². The minimum absolute atomic E-state index is 0.00389. The lowest BCUT2D eigenvalue weighted by atomic mass is 9.77. The maximum atomic E-state index is 13.3. The van der Waals surface area contributed by atoms with E-state index in [0.717, 1.165) is 47.8 Å². The average molecular weight is 503 g/mol. The van der Waals surface area contributed by atoms with E-state index in [0.29, 0.717) is 13.0 Å². The van der Waals surface area contributed by atoms with Crippen molar-refractivity contribution in [1.29, 1.82) is 0 Å². The number of nitrogens with zero attached hydrogens (tertiary/aromatic N) is 3. The number of fused-ring (bicyclic) bond motifs is 4. The van der Waals surface area contributed by atoms with Gasteiger partial charge >= 0.3 is 0 Å². The topological polar surface area (TPSA) is 130 Å². The Morgan fingerprint density at radius 1 is 1.12 bits per heavy atom. The fourth-order valence-electron chi connectivity index (χ4n) is 5.48. The van der Waals surface area contributed by atoms with E-state index >= 15 is 0 Å². The molecule has 3 N–H and O–H groups in total. The predicted molar refractivity (Wildman–Crippen MR) is 125 cm³/mol. The molecule has 0 spiro atoms. The van der Waals surface area contributed by atoms with Gasteiger partial charge in [0.15, 0.2) is 11.5 Å². The molecule has 3 aliphatic rings. The molecule has 3 heterocycles. The van der Waals surface area contributed by atoms with E-state index in [1.165, 1.54) is 14.1 Å². The highest BCUT2D eigenvalue weighted by Gasteiger charge is 2.45. The monoisotopic (exact) mass is 502 g/mol. The first-order valence-corrected chi connectivity index (χ1v) is 14.5. The molecule has 10 nitrogen and oxygen atoms in total. The van der Waals surface area contributed by atoms with E-state index in [-0.39, 0.29) is 48.2 Å². The second kappa shape index (κ2) is 9.31. The molecule has 2 saturated heterocycles. The Morgan fingerprint density at radius 2 is 1.85 bits per heavy atom. The Kier molecular flexibility index (Phi) is 6.96. The zero-order valence-electron chi connectivity index (χ0n) is 19.1. The Morgan fingerprint density at radius 3 is 2.58 bits per heavy atom. The average Bonchev–Trinajstić information content (AvgIpc) is 2.76. The number of hydrogen-bond donors (Lipinski definition) is 3. The highest BCUT2D eigenvalue weighted by atomic mass is 32.2. The molecule has 0 saturated carbocycles. The van der Waals surface area contributed by atoms with Gasteiger partial charge in [0.25, 0.3) is 10.2 Å². The van der Waals surface area contributed by atoms with E-state index in [9.17, 15) is 27.0 Å². The van der Waals surface area contributed by atoms with Crippen LogP contribution in [-0.2, 0) is 26.7 Å². The molecular weight excluding hydrogens is 468 g/mol.